The fourth-order valence-corrected chi connectivity index (χ4v) is 5.14. The lowest BCUT2D eigenvalue weighted by Gasteiger charge is -2.26. The summed E-state index contributed by atoms with van der Waals surface area (Å²) in [6.07, 6.45) is 3.24. The molecule has 2 heterocycles. The monoisotopic (exact) mass is 496 g/mol. The van der Waals surface area contributed by atoms with Crippen LogP contribution in [0, 0.1) is 6.92 Å². The number of hydrogen-bond acceptors (Lipinski definition) is 5. The van der Waals surface area contributed by atoms with Crippen LogP contribution >= 0.6 is 0 Å². The predicted octanol–water partition coefficient (Wildman–Crippen LogP) is 6.01. The number of Topliss-reactive ketones (excluding diaryl/α,β-unsaturated/α-hetero) is 1. The van der Waals surface area contributed by atoms with Crippen LogP contribution in [0.5, 0.6) is 5.75 Å². The Labute approximate surface area is 217 Å². The van der Waals surface area contributed by atoms with E-state index in [9.17, 15) is 14.7 Å². The van der Waals surface area contributed by atoms with E-state index >= 15 is 0 Å². The third kappa shape index (κ3) is 4.84. The summed E-state index contributed by atoms with van der Waals surface area (Å²) in [7, 11) is 0. The zero-order chi connectivity index (χ0) is 25.9. The van der Waals surface area contributed by atoms with Crippen LogP contribution in [0.15, 0.2) is 78.4 Å². The average Bonchev–Trinajstić information content (AvgIpc) is 3.55. The van der Waals surface area contributed by atoms with Gasteiger partial charge in [-0.15, -0.1) is 0 Å². The number of aryl methyl sites for hydroxylation is 1. The lowest BCUT2D eigenvalue weighted by molar-refractivity contribution is -0.132. The molecule has 190 valence electrons. The van der Waals surface area contributed by atoms with Gasteiger partial charge in [0.15, 0.2) is 0 Å². The normalized spacial score (nSPS) is 19.0. The van der Waals surface area contributed by atoms with E-state index in [1.165, 1.54) is 17.7 Å². The fourth-order valence-electron chi connectivity index (χ4n) is 5.14. The largest absolute Gasteiger partial charge is 0.507 e. The van der Waals surface area contributed by atoms with Gasteiger partial charge in [-0.3, -0.25) is 14.5 Å². The molecule has 0 radical (unpaired) electrons. The smallest absolute Gasteiger partial charge is 0.300 e. The molecule has 3 aromatic rings. The van der Waals surface area contributed by atoms with Crippen molar-refractivity contribution < 1.29 is 19.4 Å². The van der Waals surface area contributed by atoms with Gasteiger partial charge in [0, 0.05) is 30.0 Å². The molecule has 6 nitrogen and oxygen atoms in total. The van der Waals surface area contributed by atoms with E-state index in [-0.39, 0.29) is 11.3 Å². The Morgan fingerprint density at radius 1 is 0.946 bits per heavy atom. The Bertz CT molecular complexity index is 1320. The summed E-state index contributed by atoms with van der Waals surface area (Å²) in [6.45, 7) is 6.64. The highest BCUT2D eigenvalue weighted by atomic mass is 16.5. The van der Waals surface area contributed by atoms with Crippen molar-refractivity contribution in [3.05, 3.63) is 95.1 Å². The zero-order valence-corrected chi connectivity index (χ0v) is 21.3. The summed E-state index contributed by atoms with van der Waals surface area (Å²) in [5.74, 6) is -0.848. The first-order chi connectivity index (χ1) is 18.0. The Kier molecular flexibility index (Phi) is 6.99. The van der Waals surface area contributed by atoms with E-state index in [1.54, 1.807) is 24.3 Å². The summed E-state index contributed by atoms with van der Waals surface area (Å²) >= 11 is 0. The zero-order valence-electron chi connectivity index (χ0n) is 21.3. The molecule has 5 rings (SSSR count). The van der Waals surface area contributed by atoms with Crippen LogP contribution in [0.2, 0.25) is 0 Å². The van der Waals surface area contributed by atoms with Crippen molar-refractivity contribution in [1.29, 1.82) is 0 Å². The number of benzene rings is 3. The molecule has 2 saturated heterocycles. The molecule has 1 unspecified atom stereocenters. The van der Waals surface area contributed by atoms with Gasteiger partial charge in [-0.25, -0.2) is 0 Å². The highest BCUT2D eigenvalue weighted by Gasteiger charge is 2.47. The molecule has 2 aliphatic heterocycles. The molecule has 1 N–H and O–H groups in total. The molecule has 2 fully saturated rings. The highest BCUT2D eigenvalue weighted by molar-refractivity contribution is 6.51. The molecular weight excluding hydrogens is 464 g/mol. The van der Waals surface area contributed by atoms with Crippen LogP contribution in [-0.2, 0) is 9.59 Å². The summed E-state index contributed by atoms with van der Waals surface area (Å²) in [4.78, 5) is 30.7. The molecule has 0 aromatic heterocycles. The molecule has 0 spiro atoms. The van der Waals surface area contributed by atoms with Crippen LogP contribution in [0.1, 0.15) is 48.9 Å². The van der Waals surface area contributed by atoms with E-state index in [0.717, 1.165) is 36.3 Å². The second-order valence-electron chi connectivity index (χ2n) is 9.67. The number of amides is 1. The molecule has 0 aliphatic carbocycles. The number of ether oxygens (including phenoxy) is 1. The van der Waals surface area contributed by atoms with E-state index in [2.05, 4.69) is 4.90 Å². The number of rotatable bonds is 7. The number of aliphatic hydroxyl groups excluding tert-OH is 1. The van der Waals surface area contributed by atoms with Crippen LogP contribution < -0.4 is 14.5 Å². The number of hydrogen-bond donors (Lipinski definition) is 1. The first-order valence-corrected chi connectivity index (χ1v) is 12.9. The van der Waals surface area contributed by atoms with Crippen LogP contribution in [-0.4, -0.2) is 36.5 Å². The number of ketones is 1. The summed E-state index contributed by atoms with van der Waals surface area (Å²) in [5.41, 5.74) is 4.05. The van der Waals surface area contributed by atoms with Crippen molar-refractivity contribution in [3.8, 4) is 5.75 Å². The van der Waals surface area contributed by atoms with Gasteiger partial charge in [-0.2, -0.15) is 0 Å². The van der Waals surface area contributed by atoms with Crippen molar-refractivity contribution in [2.75, 3.05) is 29.5 Å². The van der Waals surface area contributed by atoms with E-state index < -0.39 is 17.7 Å². The maximum absolute atomic E-state index is 13.4. The molecule has 3 aromatic carbocycles. The molecule has 1 atom stereocenters. The second-order valence-corrected chi connectivity index (χ2v) is 9.67. The minimum absolute atomic E-state index is 0.0847. The van der Waals surface area contributed by atoms with Crippen LogP contribution in [0.25, 0.3) is 5.76 Å². The van der Waals surface area contributed by atoms with E-state index in [1.807, 2.05) is 62.4 Å². The molecular formula is C31H32N2O4. The van der Waals surface area contributed by atoms with Gasteiger partial charge in [0.2, 0.25) is 0 Å². The Morgan fingerprint density at radius 3 is 2.27 bits per heavy atom. The Balaban J connectivity index is 1.57. The van der Waals surface area contributed by atoms with Gasteiger partial charge in [0.1, 0.15) is 11.5 Å². The van der Waals surface area contributed by atoms with Crippen molar-refractivity contribution >= 4 is 28.8 Å². The minimum atomic E-state index is -0.742. The lowest BCUT2D eigenvalue weighted by Crippen LogP contribution is -2.29. The van der Waals surface area contributed by atoms with E-state index in [0.29, 0.717) is 23.6 Å². The van der Waals surface area contributed by atoms with Gasteiger partial charge >= 0.3 is 0 Å². The van der Waals surface area contributed by atoms with Gasteiger partial charge in [-0.05, 0) is 80.3 Å². The van der Waals surface area contributed by atoms with Gasteiger partial charge < -0.3 is 14.7 Å². The molecule has 0 bridgehead atoms. The average molecular weight is 497 g/mol. The van der Waals surface area contributed by atoms with Crippen LogP contribution in [0.4, 0.5) is 11.4 Å². The first-order valence-electron chi connectivity index (χ1n) is 12.9. The van der Waals surface area contributed by atoms with Crippen molar-refractivity contribution in [2.45, 2.75) is 39.2 Å². The van der Waals surface area contributed by atoms with Crippen molar-refractivity contribution in [2.24, 2.45) is 0 Å². The SMILES string of the molecule is CCCOc1ccc(/C(O)=C2\C(=O)C(=O)N(c3ccc(N4CCCC4)cc3)C2c2cccc(C)c2)cc1. The third-order valence-electron chi connectivity index (χ3n) is 7.00. The summed E-state index contributed by atoms with van der Waals surface area (Å²) in [5, 5.41) is 11.4. The summed E-state index contributed by atoms with van der Waals surface area (Å²) < 4.78 is 5.65. The molecule has 37 heavy (non-hydrogen) atoms. The van der Waals surface area contributed by atoms with Gasteiger partial charge in [-0.1, -0.05) is 36.8 Å². The lowest BCUT2D eigenvalue weighted by atomic mass is 9.94. The topological polar surface area (TPSA) is 70.1 Å². The van der Waals surface area contributed by atoms with Gasteiger partial charge in [0.05, 0.1) is 18.2 Å². The molecule has 0 saturated carbocycles. The quantitative estimate of drug-likeness (QED) is 0.246. The first kappa shape index (κ1) is 24.6. The van der Waals surface area contributed by atoms with Crippen molar-refractivity contribution in [1.82, 2.24) is 0 Å². The third-order valence-corrected chi connectivity index (χ3v) is 7.00. The number of carbonyl (C=O) groups excluding carboxylic acids is 2. The number of aliphatic hydroxyl groups is 1. The minimum Gasteiger partial charge on any atom is -0.507 e. The molecule has 2 aliphatic rings. The highest BCUT2D eigenvalue weighted by Crippen LogP contribution is 2.42. The van der Waals surface area contributed by atoms with Crippen LogP contribution in [0.3, 0.4) is 0 Å². The van der Waals surface area contributed by atoms with Crippen molar-refractivity contribution in [3.63, 3.8) is 0 Å². The number of carbonyl (C=O) groups is 2. The maximum Gasteiger partial charge on any atom is 0.300 e. The molecule has 1 amide bonds. The number of anilines is 2. The maximum atomic E-state index is 13.4. The Morgan fingerprint density at radius 2 is 1.62 bits per heavy atom. The standard InChI is InChI=1S/C31H32N2O4/c1-3-19-37-26-15-9-22(10-16-26)29(34)27-28(23-8-6-7-21(2)20-23)33(31(36)30(27)35)25-13-11-24(12-14-25)32-17-4-5-18-32/h6-16,20,28,34H,3-5,17-19H2,1-2H3/b29-27+. The summed E-state index contributed by atoms with van der Waals surface area (Å²) in [6, 6.07) is 21.7. The fraction of sp³-hybridized carbons (Fsp3) is 0.290. The number of nitrogens with zero attached hydrogens (tertiary/aromatic N) is 2. The van der Waals surface area contributed by atoms with E-state index in [4.69, 9.17) is 4.74 Å². The predicted molar refractivity (Wildman–Crippen MR) is 146 cm³/mol. The molecule has 6 heteroatoms. The van der Waals surface area contributed by atoms with Gasteiger partial charge in [0.25, 0.3) is 11.7 Å². The second kappa shape index (κ2) is 10.5. The Hall–Kier alpha value is -4.06.